The molecule has 4 unspecified atom stereocenters. The number of likely N-dealkylation sites (tertiary alicyclic amines) is 1. The van der Waals surface area contributed by atoms with Gasteiger partial charge in [0.15, 0.2) is 0 Å². The normalized spacial score (nSPS) is 37.5. The second kappa shape index (κ2) is 4.56. The van der Waals surface area contributed by atoms with Crippen molar-refractivity contribution in [3.8, 4) is 0 Å². The van der Waals surface area contributed by atoms with Crippen LogP contribution in [0.25, 0.3) is 0 Å². The van der Waals surface area contributed by atoms with Gasteiger partial charge in [-0.25, -0.2) is 5.43 Å². The van der Waals surface area contributed by atoms with Gasteiger partial charge in [0.1, 0.15) is 0 Å². The van der Waals surface area contributed by atoms with Crippen molar-refractivity contribution in [3.63, 3.8) is 0 Å². The van der Waals surface area contributed by atoms with Gasteiger partial charge in [0.25, 0.3) is 0 Å². The molecule has 2 aliphatic rings. The van der Waals surface area contributed by atoms with Crippen LogP contribution in [0, 0.1) is 5.92 Å². The molecule has 19 heavy (non-hydrogen) atoms. The summed E-state index contributed by atoms with van der Waals surface area (Å²) < 4.78 is 0. The van der Waals surface area contributed by atoms with Crippen LogP contribution in [0.1, 0.15) is 26.3 Å². The van der Waals surface area contributed by atoms with E-state index in [1.165, 1.54) is 5.56 Å². The van der Waals surface area contributed by atoms with Crippen LogP contribution in [0.15, 0.2) is 30.3 Å². The third-order valence-corrected chi connectivity index (χ3v) is 4.95. The van der Waals surface area contributed by atoms with Crippen LogP contribution in [-0.4, -0.2) is 28.7 Å². The molecule has 0 bridgehead atoms. The number of nitrogens with one attached hydrogen (secondary N) is 2. The number of hydrogen-bond donors (Lipinski definition) is 3. The summed E-state index contributed by atoms with van der Waals surface area (Å²) in [6.45, 7) is 7.90. The highest BCUT2D eigenvalue weighted by molar-refractivity contribution is 5.19. The van der Waals surface area contributed by atoms with E-state index >= 15 is 0 Å². The van der Waals surface area contributed by atoms with E-state index in [1.807, 2.05) is 0 Å². The molecule has 2 saturated heterocycles. The van der Waals surface area contributed by atoms with Crippen LogP contribution >= 0.6 is 0 Å². The van der Waals surface area contributed by atoms with E-state index in [-0.39, 0.29) is 11.7 Å². The fourth-order valence-electron chi connectivity index (χ4n) is 3.85. The van der Waals surface area contributed by atoms with Gasteiger partial charge in [0.2, 0.25) is 0 Å². The Hall–Kier alpha value is -0.940. The Kier molecular flexibility index (Phi) is 3.14. The van der Waals surface area contributed by atoms with Crippen molar-refractivity contribution in [2.24, 2.45) is 11.7 Å². The molecule has 4 heteroatoms. The molecule has 0 aliphatic carbocycles. The van der Waals surface area contributed by atoms with E-state index in [0.29, 0.717) is 18.0 Å². The van der Waals surface area contributed by atoms with Crippen molar-refractivity contribution >= 4 is 0 Å². The maximum atomic E-state index is 6.19. The van der Waals surface area contributed by atoms with Crippen LogP contribution in [0.2, 0.25) is 0 Å². The summed E-state index contributed by atoms with van der Waals surface area (Å²) in [7, 11) is 0. The Labute approximate surface area is 115 Å². The molecule has 0 spiro atoms. The standard InChI is InChI=1S/C15H24N4/c1-10-12-13(17-18-14(12)16)15(2,3)19(10)9-11-7-5-4-6-8-11/h4-8,10,12-14,17-18H,9,16H2,1-3H3. The van der Waals surface area contributed by atoms with E-state index in [0.717, 1.165) is 6.54 Å². The number of nitrogens with zero attached hydrogens (tertiary/aromatic N) is 1. The van der Waals surface area contributed by atoms with Crippen LogP contribution < -0.4 is 16.6 Å². The smallest absolute Gasteiger partial charge is 0.0738 e. The van der Waals surface area contributed by atoms with Gasteiger partial charge in [-0.1, -0.05) is 30.3 Å². The first-order valence-electron chi connectivity index (χ1n) is 7.09. The Morgan fingerprint density at radius 2 is 1.89 bits per heavy atom. The summed E-state index contributed by atoms with van der Waals surface area (Å²) in [6.07, 6.45) is 0.0417. The van der Waals surface area contributed by atoms with Crippen molar-refractivity contribution in [3.05, 3.63) is 35.9 Å². The summed E-state index contributed by atoms with van der Waals surface area (Å²) in [6, 6.07) is 11.5. The fraction of sp³-hybridized carbons (Fsp3) is 0.600. The molecular formula is C15H24N4. The lowest BCUT2D eigenvalue weighted by Gasteiger charge is -2.38. The predicted molar refractivity (Wildman–Crippen MR) is 77.1 cm³/mol. The summed E-state index contributed by atoms with van der Waals surface area (Å²) in [5.74, 6) is 0.457. The topological polar surface area (TPSA) is 53.3 Å². The summed E-state index contributed by atoms with van der Waals surface area (Å²) in [4.78, 5) is 2.57. The first-order valence-corrected chi connectivity index (χ1v) is 7.09. The Morgan fingerprint density at radius 3 is 2.53 bits per heavy atom. The van der Waals surface area contributed by atoms with Gasteiger partial charge in [-0.3, -0.25) is 10.3 Å². The quantitative estimate of drug-likeness (QED) is 0.744. The van der Waals surface area contributed by atoms with Crippen molar-refractivity contribution in [2.45, 2.75) is 51.1 Å². The second-order valence-corrected chi connectivity index (χ2v) is 6.38. The van der Waals surface area contributed by atoms with Gasteiger partial charge in [-0.15, -0.1) is 0 Å². The predicted octanol–water partition coefficient (Wildman–Crippen LogP) is 1.05. The number of fused-ring (bicyclic) bond motifs is 1. The molecule has 3 rings (SSSR count). The molecule has 0 saturated carbocycles. The molecule has 4 N–H and O–H groups in total. The highest BCUT2D eigenvalue weighted by Gasteiger charge is 2.56. The highest BCUT2D eigenvalue weighted by Crippen LogP contribution is 2.41. The van der Waals surface area contributed by atoms with E-state index in [2.05, 4.69) is 66.9 Å². The first kappa shape index (κ1) is 13.1. The summed E-state index contributed by atoms with van der Waals surface area (Å²) in [5.41, 5.74) is 14.2. The van der Waals surface area contributed by atoms with Gasteiger partial charge < -0.3 is 5.73 Å². The van der Waals surface area contributed by atoms with E-state index < -0.39 is 0 Å². The van der Waals surface area contributed by atoms with E-state index in [4.69, 9.17) is 5.73 Å². The number of nitrogens with two attached hydrogens (primary N) is 1. The number of hydrogen-bond acceptors (Lipinski definition) is 4. The van der Waals surface area contributed by atoms with Crippen LogP contribution in [0.4, 0.5) is 0 Å². The molecule has 4 nitrogen and oxygen atoms in total. The third kappa shape index (κ3) is 1.99. The van der Waals surface area contributed by atoms with Crippen LogP contribution in [0.3, 0.4) is 0 Å². The molecule has 2 heterocycles. The number of rotatable bonds is 2. The highest BCUT2D eigenvalue weighted by atomic mass is 15.5. The molecule has 1 aromatic carbocycles. The Morgan fingerprint density at radius 1 is 1.21 bits per heavy atom. The zero-order valence-corrected chi connectivity index (χ0v) is 11.9. The maximum Gasteiger partial charge on any atom is 0.0738 e. The van der Waals surface area contributed by atoms with E-state index in [9.17, 15) is 0 Å². The third-order valence-electron chi connectivity index (χ3n) is 4.95. The first-order chi connectivity index (χ1) is 9.01. The minimum atomic E-state index is 0.0417. The Bertz CT molecular complexity index is 445. The van der Waals surface area contributed by atoms with Gasteiger partial charge >= 0.3 is 0 Å². The maximum absolute atomic E-state index is 6.19. The monoisotopic (exact) mass is 260 g/mol. The minimum Gasteiger partial charge on any atom is -0.315 e. The lowest BCUT2D eigenvalue weighted by atomic mass is 9.88. The molecule has 2 aliphatic heterocycles. The number of benzene rings is 1. The fourth-order valence-corrected chi connectivity index (χ4v) is 3.85. The second-order valence-electron chi connectivity index (χ2n) is 6.38. The van der Waals surface area contributed by atoms with E-state index in [1.54, 1.807) is 0 Å². The molecule has 4 atom stereocenters. The SMILES string of the molecule is CC1C2C(N)NNC2C(C)(C)N1Cc1ccccc1. The lowest BCUT2D eigenvalue weighted by molar-refractivity contribution is 0.101. The zero-order valence-electron chi connectivity index (χ0n) is 11.9. The molecule has 104 valence electrons. The summed E-state index contributed by atoms with van der Waals surface area (Å²) >= 11 is 0. The lowest BCUT2D eigenvalue weighted by Crippen LogP contribution is -2.53. The van der Waals surface area contributed by atoms with Gasteiger partial charge in [0, 0.05) is 30.1 Å². The average Bonchev–Trinajstić information content (AvgIpc) is 2.86. The molecule has 2 fully saturated rings. The molecule has 1 aromatic rings. The van der Waals surface area contributed by atoms with Crippen LogP contribution in [0.5, 0.6) is 0 Å². The van der Waals surface area contributed by atoms with Crippen molar-refractivity contribution in [1.29, 1.82) is 0 Å². The molecular weight excluding hydrogens is 236 g/mol. The molecule has 0 radical (unpaired) electrons. The zero-order chi connectivity index (χ0) is 13.6. The Balaban J connectivity index is 1.86. The largest absolute Gasteiger partial charge is 0.315 e. The minimum absolute atomic E-state index is 0.0417. The van der Waals surface area contributed by atoms with Crippen molar-refractivity contribution in [1.82, 2.24) is 15.8 Å². The van der Waals surface area contributed by atoms with Crippen LogP contribution in [-0.2, 0) is 6.54 Å². The number of hydrazine groups is 1. The summed E-state index contributed by atoms with van der Waals surface area (Å²) in [5, 5.41) is 0. The van der Waals surface area contributed by atoms with Crippen molar-refractivity contribution in [2.75, 3.05) is 0 Å². The molecule has 0 aromatic heterocycles. The van der Waals surface area contributed by atoms with Gasteiger partial charge in [0.05, 0.1) is 6.17 Å². The van der Waals surface area contributed by atoms with Crippen molar-refractivity contribution < 1.29 is 0 Å². The molecule has 0 amide bonds. The average molecular weight is 260 g/mol. The van der Waals surface area contributed by atoms with Gasteiger partial charge in [-0.05, 0) is 26.3 Å². The van der Waals surface area contributed by atoms with Gasteiger partial charge in [-0.2, -0.15) is 0 Å².